The standard InChI is InChI=1S/C21H23N3O3S2/c25-21(23-13-6-12-22-18-8-2-1-3-9-18)17-7-4-11-20(15-17)29(26,27)24-16-19-10-5-14-28-19/h1-5,7-11,14-15,22,24H,6,12-13,16H2,(H,23,25). The third kappa shape index (κ3) is 6.42. The Morgan fingerprint density at radius 3 is 2.52 bits per heavy atom. The molecule has 0 aliphatic carbocycles. The summed E-state index contributed by atoms with van der Waals surface area (Å²) in [5.41, 5.74) is 1.35. The maximum atomic E-state index is 12.5. The average Bonchev–Trinajstić information content (AvgIpc) is 3.27. The second-order valence-electron chi connectivity index (χ2n) is 6.33. The highest BCUT2D eigenvalue weighted by Crippen LogP contribution is 2.14. The number of carbonyl (C=O) groups is 1. The zero-order chi connectivity index (χ0) is 20.5. The first kappa shape index (κ1) is 21.0. The van der Waals surface area contributed by atoms with Gasteiger partial charge in [0.05, 0.1) is 4.90 Å². The molecule has 3 N–H and O–H groups in total. The van der Waals surface area contributed by atoms with Crippen molar-refractivity contribution in [2.45, 2.75) is 17.9 Å². The number of amides is 1. The van der Waals surface area contributed by atoms with Gasteiger partial charge in [0.25, 0.3) is 5.91 Å². The van der Waals surface area contributed by atoms with E-state index in [2.05, 4.69) is 15.4 Å². The number of thiophene rings is 1. The lowest BCUT2D eigenvalue weighted by atomic mass is 10.2. The van der Waals surface area contributed by atoms with Crippen molar-refractivity contribution in [2.75, 3.05) is 18.4 Å². The Morgan fingerprint density at radius 2 is 1.76 bits per heavy atom. The summed E-state index contributed by atoms with van der Waals surface area (Å²) < 4.78 is 27.5. The van der Waals surface area contributed by atoms with Crippen molar-refractivity contribution in [3.8, 4) is 0 Å². The molecule has 2 aromatic carbocycles. The third-order valence-electron chi connectivity index (χ3n) is 4.17. The lowest BCUT2D eigenvalue weighted by Crippen LogP contribution is -2.27. The number of carbonyl (C=O) groups excluding carboxylic acids is 1. The minimum atomic E-state index is -3.69. The fraction of sp³-hybridized carbons (Fsp3) is 0.190. The molecule has 0 fully saturated rings. The second kappa shape index (κ2) is 10.2. The first-order valence-corrected chi connectivity index (χ1v) is 11.6. The van der Waals surface area contributed by atoms with Gasteiger partial charge >= 0.3 is 0 Å². The first-order valence-electron chi connectivity index (χ1n) is 9.24. The Hall–Kier alpha value is -2.68. The van der Waals surface area contributed by atoms with Crippen molar-refractivity contribution in [1.29, 1.82) is 0 Å². The van der Waals surface area contributed by atoms with E-state index in [9.17, 15) is 13.2 Å². The molecule has 0 radical (unpaired) electrons. The fourth-order valence-electron chi connectivity index (χ4n) is 2.65. The molecule has 0 bridgehead atoms. The summed E-state index contributed by atoms with van der Waals surface area (Å²) in [6.07, 6.45) is 0.751. The monoisotopic (exact) mass is 429 g/mol. The van der Waals surface area contributed by atoms with Gasteiger partial charge in [0.1, 0.15) is 0 Å². The molecule has 0 aliphatic rings. The number of rotatable bonds is 10. The molecule has 3 rings (SSSR count). The highest BCUT2D eigenvalue weighted by atomic mass is 32.2. The van der Waals surface area contributed by atoms with E-state index >= 15 is 0 Å². The number of hydrogen-bond donors (Lipinski definition) is 3. The molecule has 29 heavy (non-hydrogen) atoms. The largest absolute Gasteiger partial charge is 0.385 e. The molecule has 0 saturated heterocycles. The summed E-state index contributed by atoms with van der Waals surface area (Å²) in [6.45, 7) is 1.45. The Balaban J connectivity index is 1.49. The van der Waals surface area contributed by atoms with Crippen LogP contribution in [0.25, 0.3) is 0 Å². The topological polar surface area (TPSA) is 87.3 Å². The lowest BCUT2D eigenvalue weighted by molar-refractivity contribution is 0.0953. The van der Waals surface area contributed by atoms with E-state index in [4.69, 9.17) is 0 Å². The number of hydrogen-bond acceptors (Lipinski definition) is 5. The summed E-state index contributed by atoms with van der Waals surface area (Å²) >= 11 is 1.48. The zero-order valence-corrected chi connectivity index (χ0v) is 17.4. The van der Waals surface area contributed by atoms with Crippen LogP contribution in [0.3, 0.4) is 0 Å². The smallest absolute Gasteiger partial charge is 0.251 e. The number of nitrogens with one attached hydrogen (secondary N) is 3. The molecule has 1 amide bonds. The molecule has 152 valence electrons. The van der Waals surface area contributed by atoms with Gasteiger partial charge in [0.2, 0.25) is 10.0 Å². The van der Waals surface area contributed by atoms with Crippen LogP contribution in [0.2, 0.25) is 0 Å². The van der Waals surface area contributed by atoms with Crippen LogP contribution in [0, 0.1) is 0 Å². The molecule has 3 aromatic rings. The molecule has 0 aliphatic heterocycles. The molecule has 1 aromatic heterocycles. The molecule has 1 heterocycles. The predicted octanol–water partition coefficient (Wildman–Crippen LogP) is 3.46. The molecule has 0 unspecified atom stereocenters. The van der Waals surface area contributed by atoms with E-state index in [0.29, 0.717) is 12.1 Å². The van der Waals surface area contributed by atoms with Crippen LogP contribution < -0.4 is 15.4 Å². The van der Waals surface area contributed by atoms with Gasteiger partial charge in [-0.2, -0.15) is 0 Å². The van der Waals surface area contributed by atoms with Gasteiger partial charge in [-0.25, -0.2) is 13.1 Å². The molecule has 6 nitrogen and oxygen atoms in total. The number of benzene rings is 2. The van der Waals surface area contributed by atoms with Crippen LogP contribution in [-0.2, 0) is 16.6 Å². The van der Waals surface area contributed by atoms with Gasteiger partial charge in [0, 0.05) is 35.8 Å². The minimum absolute atomic E-state index is 0.0763. The van der Waals surface area contributed by atoms with Gasteiger partial charge in [-0.15, -0.1) is 11.3 Å². The summed E-state index contributed by atoms with van der Waals surface area (Å²) in [5.74, 6) is -0.292. The maximum absolute atomic E-state index is 12.5. The lowest BCUT2D eigenvalue weighted by Gasteiger charge is -2.09. The molecule has 0 atom stereocenters. The molecule has 0 saturated carbocycles. The van der Waals surface area contributed by atoms with Crippen molar-refractivity contribution >= 4 is 33.0 Å². The molecular formula is C21H23N3O3S2. The summed E-state index contributed by atoms with van der Waals surface area (Å²) in [7, 11) is -3.69. The zero-order valence-electron chi connectivity index (χ0n) is 15.8. The van der Waals surface area contributed by atoms with Gasteiger partial charge in [-0.1, -0.05) is 30.3 Å². The van der Waals surface area contributed by atoms with Crippen molar-refractivity contribution in [3.63, 3.8) is 0 Å². The Morgan fingerprint density at radius 1 is 0.931 bits per heavy atom. The van der Waals surface area contributed by atoms with Crippen LogP contribution in [0.5, 0.6) is 0 Å². The van der Waals surface area contributed by atoms with Crippen LogP contribution in [0.4, 0.5) is 5.69 Å². The highest BCUT2D eigenvalue weighted by Gasteiger charge is 2.16. The second-order valence-corrected chi connectivity index (χ2v) is 9.13. The van der Waals surface area contributed by atoms with Crippen molar-refractivity contribution in [2.24, 2.45) is 0 Å². The van der Waals surface area contributed by atoms with E-state index in [0.717, 1.165) is 23.5 Å². The Bertz CT molecular complexity index is 1020. The normalized spacial score (nSPS) is 11.2. The minimum Gasteiger partial charge on any atom is -0.385 e. The average molecular weight is 430 g/mol. The predicted molar refractivity (Wildman–Crippen MR) is 117 cm³/mol. The quantitative estimate of drug-likeness (QED) is 0.431. The van der Waals surface area contributed by atoms with E-state index in [-0.39, 0.29) is 17.3 Å². The number of sulfonamides is 1. The van der Waals surface area contributed by atoms with E-state index in [1.54, 1.807) is 12.1 Å². The SMILES string of the molecule is O=C(NCCCNc1ccccc1)c1cccc(S(=O)(=O)NCc2cccs2)c1. The van der Waals surface area contributed by atoms with Gasteiger partial charge in [-0.05, 0) is 48.2 Å². The summed E-state index contributed by atoms with van der Waals surface area (Å²) in [4.78, 5) is 13.4. The van der Waals surface area contributed by atoms with Gasteiger partial charge in [-0.3, -0.25) is 4.79 Å². The summed E-state index contributed by atoms with van der Waals surface area (Å²) in [6, 6.07) is 19.6. The number of anilines is 1. The van der Waals surface area contributed by atoms with Gasteiger partial charge in [0.15, 0.2) is 0 Å². The third-order valence-corrected chi connectivity index (χ3v) is 6.44. The summed E-state index contributed by atoms with van der Waals surface area (Å²) in [5, 5.41) is 7.99. The van der Waals surface area contributed by atoms with Crippen molar-refractivity contribution in [1.82, 2.24) is 10.0 Å². The van der Waals surface area contributed by atoms with Crippen molar-refractivity contribution < 1.29 is 13.2 Å². The Labute approximate surface area is 175 Å². The van der Waals surface area contributed by atoms with Crippen LogP contribution in [0.15, 0.2) is 77.0 Å². The van der Waals surface area contributed by atoms with Crippen LogP contribution >= 0.6 is 11.3 Å². The van der Waals surface area contributed by atoms with Crippen LogP contribution in [-0.4, -0.2) is 27.4 Å². The highest BCUT2D eigenvalue weighted by molar-refractivity contribution is 7.89. The van der Waals surface area contributed by atoms with E-state index in [1.165, 1.54) is 23.5 Å². The molecule has 0 spiro atoms. The van der Waals surface area contributed by atoms with E-state index in [1.807, 2.05) is 47.8 Å². The van der Waals surface area contributed by atoms with Crippen LogP contribution in [0.1, 0.15) is 21.7 Å². The van der Waals surface area contributed by atoms with Gasteiger partial charge < -0.3 is 10.6 Å². The first-order chi connectivity index (χ1) is 14.0. The Kier molecular flexibility index (Phi) is 7.40. The molecular weight excluding hydrogens is 406 g/mol. The number of para-hydroxylation sites is 1. The molecule has 8 heteroatoms. The van der Waals surface area contributed by atoms with Crippen molar-refractivity contribution in [3.05, 3.63) is 82.6 Å². The fourth-order valence-corrected chi connectivity index (χ4v) is 4.44. The maximum Gasteiger partial charge on any atom is 0.251 e. The van der Waals surface area contributed by atoms with E-state index < -0.39 is 10.0 Å².